The van der Waals surface area contributed by atoms with Crippen LogP contribution in [0.4, 0.5) is 0 Å². The van der Waals surface area contributed by atoms with Crippen LogP contribution in [0, 0.1) is 6.92 Å². The van der Waals surface area contributed by atoms with Gasteiger partial charge in [0.05, 0.1) is 14.2 Å². The van der Waals surface area contributed by atoms with E-state index in [-0.39, 0.29) is 0 Å². The first kappa shape index (κ1) is 13.3. The summed E-state index contributed by atoms with van der Waals surface area (Å²) in [6.07, 6.45) is 2.17. The molecule has 1 N–H and O–H groups in total. The Kier molecular flexibility index (Phi) is 3.97. The standard InChI is InChI=1S/C14H16N2O3/c1-9-8-10(4-5-11(9)18-2)13(17)12-14(19-3)16-7-6-15-12/h4-8,13,17H,1-3H3. The molecule has 0 aliphatic heterocycles. The number of hydrogen-bond donors (Lipinski definition) is 1. The predicted molar refractivity (Wildman–Crippen MR) is 70.4 cm³/mol. The molecule has 2 aromatic rings. The van der Waals surface area contributed by atoms with E-state index < -0.39 is 6.10 Å². The number of rotatable bonds is 4. The largest absolute Gasteiger partial charge is 0.496 e. The van der Waals surface area contributed by atoms with E-state index in [0.717, 1.165) is 16.9 Å². The third-order valence-electron chi connectivity index (χ3n) is 2.88. The van der Waals surface area contributed by atoms with Crippen LogP contribution in [0.15, 0.2) is 30.6 Å². The third-order valence-corrected chi connectivity index (χ3v) is 2.88. The number of methoxy groups -OCH3 is 2. The molecule has 0 saturated heterocycles. The fourth-order valence-corrected chi connectivity index (χ4v) is 1.91. The predicted octanol–water partition coefficient (Wildman–Crippen LogP) is 1.88. The topological polar surface area (TPSA) is 64.5 Å². The molecule has 1 atom stereocenters. The second-order valence-electron chi connectivity index (χ2n) is 4.08. The summed E-state index contributed by atoms with van der Waals surface area (Å²) in [5.74, 6) is 1.10. The van der Waals surface area contributed by atoms with E-state index in [1.807, 2.05) is 19.1 Å². The Labute approximate surface area is 111 Å². The van der Waals surface area contributed by atoms with Gasteiger partial charge in [-0.25, -0.2) is 4.98 Å². The molecule has 0 bridgehead atoms. The first-order valence-electron chi connectivity index (χ1n) is 5.85. The molecule has 2 rings (SSSR count). The summed E-state index contributed by atoms with van der Waals surface area (Å²) in [4.78, 5) is 8.16. The molecule has 0 radical (unpaired) electrons. The summed E-state index contributed by atoms with van der Waals surface area (Å²) in [7, 11) is 3.11. The van der Waals surface area contributed by atoms with Gasteiger partial charge in [0.1, 0.15) is 17.5 Å². The van der Waals surface area contributed by atoms with Crippen LogP contribution in [0.25, 0.3) is 0 Å². The van der Waals surface area contributed by atoms with Gasteiger partial charge in [-0.1, -0.05) is 6.07 Å². The fraction of sp³-hybridized carbons (Fsp3) is 0.286. The highest BCUT2D eigenvalue weighted by Gasteiger charge is 2.18. The van der Waals surface area contributed by atoms with Crippen molar-refractivity contribution in [2.45, 2.75) is 13.0 Å². The number of nitrogens with zero attached hydrogens (tertiary/aromatic N) is 2. The smallest absolute Gasteiger partial charge is 0.238 e. The summed E-state index contributed by atoms with van der Waals surface area (Å²) >= 11 is 0. The average Bonchev–Trinajstić information content (AvgIpc) is 2.46. The zero-order chi connectivity index (χ0) is 13.8. The Bertz CT molecular complexity index is 572. The molecule has 0 amide bonds. The number of aromatic nitrogens is 2. The number of ether oxygens (including phenoxy) is 2. The van der Waals surface area contributed by atoms with E-state index in [1.54, 1.807) is 13.2 Å². The minimum atomic E-state index is -0.881. The highest BCUT2D eigenvalue weighted by molar-refractivity contribution is 5.40. The molecular weight excluding hydrogens is 244 g/mol. The minimum absolute atomic E-state index is 0.323. The molecule has 1 aromatic heterocycles. The van der Waals surface area contributed by atoms with Crippen LogP contribution in [0.3, 0.4) is 0 Å². The maximum atomic E-state index is 10.4. The molecule has 0 aliphatic carbocycles. The highest BCUT2D eigenvalue weighted by atomic mass is 16.5. The van der Waals surface area contributed by atoms with Crippen molar-refractivity contribution in [2.24, 2.45) is 0 Å². The van der Waals surface area contributed by atoms with Gasteiger partial charge in [-0.3, -0.25) is 4.98 Å². The van der Waals surface area contributed by atoms with Crippen molar-refractivity contribution in [3.05, 3.63) is 47.4 Å². The molecule has 19 heavy (non-hydrogen) atoms. The van der Waals surface area contributed by atoms with Crippen molar-refractivity contribution in [3.8, 4) is 11.6 Å². The van der Waals surface area contributed by atoms with Crippen LogP contribution >= 0.6 is 0 Å². The Hall–Kier alpha value is -2.14. The molecule has 1 aromatic carbocycles. The van der Waals surface area contributed by atoms with Gasteiger partial charge in [-0.15, -0.1) is 0 Å². The van der Waals surface area contributed by atoms with Crippen LogP contribution in [0.5, 0.6) is 11.6 Å². The minimum Gasteiger partial charge on any atom is -0.496 e. The van der Waals surface area contributed by atoms with E-state index in [4.69, 9.17) is 9.47 Å². The molecule has 0 fully saturated rings. The molecule has 0 saturated carbocycles. The lowest BCUT2D eigenvalue weighted by Crippen LogP contribution is -2.06. The number of aliphatic hydroxyl groups excluding tert-OH is 1. The first-order chi connectivity index (χ1) is 9.17. The van der Waals surface area contributed by atoms with Crippen molar-refractivity contribution >= 4 is 0 Å². The zero-order valence-corrected chi connectivity index (χ0v) is 11.1. The molecule has 100 valence electrons. The normalized spacial score (nSPS) is 12.0. The lowest BCUT2D eigenvalue weighted by molar-refractivity contribution is 0.207. The van der Waals surface area contributed by atoms with E-state index in [0.29, 0.717) is 11.6 Å². The maximum Gasteiger partial charge on any atom is 0.238 e. The summed E-state index contributed by atoms with van der Waals surface area (Å²) in [5.41, 5.74) is 2.06. The summed E-state index contributed by atoms with van der Waals surface area (Å²) in [6, 6.07) is 5.47. The van der Waals surface area contributed by atoms with Gasteiger partial charge in [0.25, 0.3) is 0 Å². The summed E-state index contributed by atoms with van der Waals surface area (Å²) < 4.78 is 10.3. The Morgan fingerprint density at radius 3 is 2.47 bits per heavy atom. The highest BCUT2D eigenvalue weighted by Crippen LogP contribution is 2.29. The number of aliphatic hydroxyl groups is 1. The Morgan fingerprint density at radius 1 is 1.11 bits per heavy atom. The van der Waals surface area contributed by atoms with Gasteiger partial charge in [0.15, 0.2) is 0 Å². The van der Waals surface area contributed by atoms with Crippen LogP contribution in [-0.2, 0) is 0 Å². The van der Waals surface area contributed by atoms with E-state index in [1.165, 1.54) is 19.5 Å². The van der Waals surface area contributed by atoms with Crippen LogP contribution in [-0.4, -0.2) is 29.3 Å². The lowest BCUT2D eigenvalue weighted by Gasteiger charge is -2.14. The Balaban J connectivity index is 2.38. The monoisotopic (exact) mass is 260 g/mol. The van der Waals surface area contributed by atoms with Crippen molar-refractivity contribution in [1.29, 1.82) is 0 Å². The van der Waals surface area contributed by atoms with Gasteiger partial charge in [-0.05, 0) is 30.2 Å². The SMILES string of the molecule is COc1ccc(C(O)c2nccnc2OC)cc1C. The van der Waals surface area contributed by atoms with Crippen molar-refractivity contribution in [1.82, 2.24) is 9.97 Å². The van der Waals surface area contributed by atoms with Gasteiger partial charge < -0.3 is 14.6 Å². The lowest BCUT2D eigenvalue weighted by atomic mass is 10.0. The molecule has 5 nitrogen and oxygen atoms in total. The van der Waals surface area contributed by atoms with E-state index in [2.05, 4.69) is 9.97 Å². The van der Waals surface area contributed by atoms with E-state index >= 15 is 0 Å². The first-order valence-corrected chi connectivity index (χ1v) is 5.85. The molecule has 0 spiro atoms. The number of hydrogen-bond acceptors (Lipinski definition) is 5. The fourth-order valence-electron chi connectivity index (χ4n) is 1.91. The quantitative estimate of drug-likeness (QED) is 0.909. The van der Waals surface area contributed by atoms with Gasteiger partial charge in [0, 0.05) is 12.4 Å². The second kappa shape index (κ2) is 5.67. The van der Waals surface area contributed by atoms with Crippen LogP contribution < -0.4 is 9.47 Å². The molecule has 1 heterocycles. The van der Waals surface area contributed by atoms with E-state index in [9.17, 15) is 5.11 Å². The maximum absolute atomic E-state index is 10.4. The average molecular weight is 260 g/mol. The summed E-state index contributed by atoms with van der Waals surface area (Å²) in [5, 5.41) is 10.4. The van der Waals surface area contributed by atoms with Gasteiger partial charge in [-0.2, -0.15) is 0 Å². The van der Waals surface area contributed by atoms with Gasteiger partial charge >= 0.3 is 0 Å². The molecule has 5 heteroatoms. The van der Waals surface area contributed by atoms with Crippen molar-refractivity contribution < 1.29 is 14.6 Å². The van der Waals surface area contributed by atoms with Gasteiger partial charge in [0.2, 0.25) is 5.88 Å². The van der Waals surface area contributed by atoms with Crippen LogP contribution in [0.2, 0.25) is 0 Å². The summed E-state index contributed by atoms with van der Waals surface area (Å²) in [6.45, 7) is 1.92. The molecule has 1 unspecified atom stereocenters. The van der Waals surface area contributed by atoms with Crippen molar-refractivity contribution in [2.75, 3.05) is 14.2 Å². The Morgan fingerprint density at radius 2 is 1.84 bits per heavy atom. The number of aryl methyl sites for hydroxylation is 1. The third kappa shape index (κ3) is 2.66. The van der Waals surface area contributed by atoms with Crippen LogP contribution in [0.1, 0.15) is 22.9 Å². The van der Waals surface area contributed by atoms with Crippen molar-refractivity contribution in [3.63, 3.8) is 0 Å². The zero-order valence-electron chi connectivity index (χ0n) is 11.1. The molecular formula is C14H16N2O3. The number of benzene rings is 1. The second-order valence-corrected chi connectivity index (χ2v) is 4.08. The molecule has 0 aliphatic rings.